The summed E-state index contributed by atoms with van der Waals surface area (Å²) in [5.74, 6) is 1.63. The molecule has 1 aliphatic carbocycles. The maximum atomic E-state index is 6.04. The second-order valence-corrected chi connectivity index (χ2v) is 7.03. The van der Waals surface area contributed by atoms with Gasteiger partial charge in [-0.05, 0) is 42.4 Å². The summed E-state index contributed by atoms with van der Waals surface area (Å²) in [7, 11) is 0. The zero-order chi connectivity index (χ0) is 12.4. The molecule has 0 spiro atoms. The zero-order valence-electron chi connectivity index (χ0n) is 9.93. The maximum Gasteiger partial charge on any atom is 0.0595 e. The van der Waals surface area contributed by atoms with Crippen LogP contribution in [-0.4, -0.2) is 4.83 Å². The molecule has 0 saturated heterocycles. The summed E-state index contributed by atoms with van der Waals surface area (Å²) in [6.07, 6.45) is 5.12. The van der Waals surface area contributed by atoms with Gasteiger partial charge in [0.1, 0.15) is 0 Å². The Hall–Kier alpha value is 0.280. The summed E-state index contributed by atoms with van der Waals surface area (Å²) in [5.41, 5.74) is 1.26. The highest BCUT2D eigenvalue weighted by Gasteiger charge is 2.29. The Morgan fingerprint density at radius 3 is 2.65 bits per heavy atom. The van der Waals surface area contributed by atoms with E-state index in [4.69, 9.17) is 23.2 Å². The molecule has 0 bridgehead atoms. The monoisotopic (exact) mass is 334 g/mol. The summed E-state index contributed by atoms with van der Waals surface area (Å²) >= 11 is 15.8. The van der Waals surface area contributed by atoms with Gasteiger partial charge >= 0.3 is 0 Å². The lowest BCUT2D eigenvalue weighted by Gasteiger charge is -2.22. The number of benzene rings is 1. The molecule has 0 radical (unpaired) electrons. The van der Waals surface area contributed by atoms with E-state index in [2.05, 4.69) is 28.9 Å². The molecule has 0 nitrogen and oxygen atoms in total. The van der Waals surface area contributed by atoms with Crippen LogP contribution in [0.25, 0.3) is 0 Å². The molecule has 1 aromatic carbocycles. The standard InChI is InChI=1S/C14H17BrCl2/c1-9-3-2-4-11(9)12(15)7-10-5-6-13(16)14(17)8-10/h5-6,8-9,11-12H,2-4,7H2,1H3. The number of alkyl halides is 1. The van der Waals surface area contributed by atoms with Gasteiger partial charge in [0.2, 0.25) is 0 Å². The predicted octanol–water partition coefficient (Wildman–Crippen LogP) is 5.74. The molecular weight excluding hydrogens is 319 g/mol. The molecular formula is C14H17BrCl2. The van der Waals surface area contributed by atoms with Gasteiger partial charge in [0.05, 0.1) is 10.0 Å². The van der Waals surface area contributed by atoms with Gasteiger partial charge in [0.15, 0.2) is 0 Å². The smallest absolute Gasteiger partial charge is 0.0595 e. The predicted molar refractivity (Wildman–Crippen MR) is 79.4 cm³/mol. The van der Waals surface area contributed by atoms with E-state index in [0.29, 0.717) is 14.9 Å². The minimum Gasteiger partial charge on any atom is -0.0884 e. The number of hydrogen-bond acceptors (Lipinski definition) is 0. The van der Waals surface area contributed by atoms with Crippen molar-refractivity contribution in [3.63, 3.8) is 0 Å². The lowest BCUT2D eigenvalue weighted by atomic mass is 9.91. The maximum absolute atomic E-state index is 6.04. The van der Waals surface area contributed by atoms with Gasteiger partial charge in [0, 0.05) is 4.83 Å². The van der Waals surface area contributed by atoms with Gasteiger partial charge in [-0.2, -0.15) is 0 Å². The third kappa shape index (κ3) is 3.39. The summed E-state index contributed by atoms with van der Waals surface area (Å²) in [6.45, 7) is 2.36. The lowest BCUT2D eigenvalue weighted by molar-refractivity contribution is 0.407. The Morgan fingerprint density at radius 1 is 1.29 bits per heavy atom. The zero-order valence-corrected chi connectivity index (χ0v) is 13.0. The van der Waals surface area contributed by atoms with Crippen LogP contribution in [0.3, 0.4) is 0 Å². The first-order valence-corrected chi connectivity index (χ1v) is 7.83. The Bertz CT molecular complexity index is 392. The average Bonchev–Trinajstić information content (AvgIpc) is 2.70. The molecule has 2 rings (SSSR count). The van der Waals surface area contributed by atoms with Gasteiger partial charge in [-0.3, -0.25) is 0 Å². The van der Waals surface area contributed by atoms with Crippen LogP contribution in [0.2, 0.25) is 10.0 Å². The van der Waals surface area contributed by atoms with Gasteiger partial charge in [-0.25, -0.2) is 0 Å². The fraction of sp³-hybridized carbons (Fsp3) is 0.571. The van der Waals surface area contributed by atoms with E-state index in [1.54, 1.807) is 0 Å². The fourth-order valence-corrected chi connectivity index (χ4v) is 4.23. The average molecular weight is 336 g/mol. The largest absolute Gasteiger partial charge is 0.0884 e. The molecule has 0 aliphatic heterocycles. The summed E-state index contributed by atoms with van der Waals surface area (Å²) in [5, 5.41) is 1.29. The molecule has 1 fully saturated rings. The van der Waals surface area contributed by atoms with Crippen molar-refractivity contribution < 1.29 is 0 Å². The van der Waals surface area contributed by atoms with Crippen molar-refractivity contribution in [3.05, 3.63) is 33.8 Å². The van der Waals surface area contributed by atoms with Crippen molar-refractivity contribution in [1.29, 1.82) is 0 Å². The molecule has 1 saturated carbocycles. The van der Waals surface area contributed by atoms with Crippen molar-refractivity contribution in [2.75, 3.05) is 0 Å². The van der Waals surface area contributed by atoms with Crippen LogP contribution in [0.15, 0.2) is 18.2 Å². The summed E-state index contributed by atoms with van der Waals surface area (Å²) < 4.78 is 0. The van der Waals surface area contributed by atoms with Crippen molar-refractivity contribution >= 4 is 39.1 Å². The van der Waals surface area contributed by atoms with E-state index in [-0.39, 0.29) is 0 Å². The van der Waals surface area contributed by atoms with Crippen LogP contribution in [0.4, 0.5) is 0 Å². The Morgan fingerprint density at radius 2 is 2.06 bits per heavy atom. The first-order valence-electron chi connectivity index (χ1n) is 6.16. The van der Waals surface area contributed by atoms with E-state index >= 15 is 0 Å². The molecule has 1 aromatic rings. The van der Waals surface area contributed by atoms with Crippen LogP contribution in [0.1, 0.15) is 31.7 Å². The normalized spacial score (nSPS) is 26.1. The van der Waals surface area contributed by atoms with Gasteiger partial charge in [0.25, 0.3) is 0 Å². The first-order chi connectivity index (χ1) is 8.08. The van der Waals surface area contributed by atoms with Crippen molar-refractivity contribution in [3.8, 4) is 0 Å². The summed E-state index contributed by atoms with van der Waals surface area (Å²) in [4.78, 5) is 0.553. The Kier molecular flexibility index (Phi) is 4.80. The quantitative estimate of drug-likeness (QED) is 0.618. The van der Waals surface area contributed by atoms with E-state index in [0.717, 1.165) is 18.3 Å². The molecule has 3 atom stereocenters. The van der Waals surface area contributed by atoms with Crippen molar-refractivity contribution in [2.24, 2.45) is 11.8 Å². The van der Waals surface area contributed by atoms with Crippen LogP contribution in [0.5, 0.6) is 0 Å². The SMILES string of the molecule is CC1CCCC1C(Br)Cc1ccc(Cl)c(Cl)c1. The molecule has 1 aliphatic rings. The third-order valence-corrected chi connectivity index (χ3v) is 5.55. The topological polar surface area (TPSA) is 0 Å². The second-order valence-electron chi connectivity index (χ2n) is 5.04. The number of rotatable bonds is 3. The highest BCUT2D eigenvalue weighted by atomic mass is 79.9. The number of halogens is 3. The second kappa shape index (κ2) is 5.95. The van der Waals surface area contributed by atoms with E-state index in [1.165, 1.54) is 24.8 Å². The molecule has 0 aromatic heterocycles. The molecule has 3 unspecified atom stereocenters. The molecule has 0 N–H and O–H groups in total. The van der Waals surface area contributed by atoms with Crippen LogP contribution in [-0.2, 0) is 6.42 Å². The Balaban J connectivity index is 2.02. The molecule has 0 amide bonds. The van der Waals surface area contributed by atoms with Gasteiger partial charge < -0.3 is 0 Å². The Labute approximate surface area is 122 Å². The van der Waals surface area contributed by atoms with Crippen molar-refractivity contribution in [2.45, 2.75) is 37.4 Å². The lowest BCUT2D eigenvalue weighted by Crippen LogP contribution is -2.19. The summed E-state index contributed by atoms with van der Waals surface area (Å²) in [6, 6.07) is 5.94. The van der Waals surface area contributed by atoms with Gasteiger partial charge in [-0.1, -0.05) is 65.0 Å². The van der Waals surface area contributed by atoms with Crippen LogP contribution >= 0.6 is 39.1 Å². The highest BCUT2D eigenvalue weighted by Crippen LogP contribution is 2.38. The van der Waals surface area contributed by atoms with E-state index < -0.39 is 0 Å². The van der Waals surface area contributed by atoms with Crippen molar-refractivity contribution in [1.82, 2.24) is 0 Å². The van der Waals surface area contributed by atoms with Crippen LogP contribution < -0.4 is 0 Å². The van der Waals surface area contributed by atoms with Crippen LogP contribution in [0, 0.1) is 11.8 Å². The molecule has 17 heavy (non-hydrogen) atoms. The number of hydrogen-bond donors (Lipinski definition) is 0. The van der Waals surface area contributed by atoms with E-state index in [9.17, 15) is 0 Å². The first kappa shape index (κ1) is 13.7. The third-order valence-electron chi connectivity index (χ3n) is 3.81. The van der Waals surface area contributed by atoms with Gasteiger partial charge in [-0.15, -0.1) is 0 Å². The molecule has 0 heterocycles. The minimum absolute atomic E-state index is 0.553. The minimum atomic E-state index is 0.553. The fourth-order valence-electron chi connectivity index (χ4n) is 2.75. The molecule has 94 valence electrons. The highest BCUT2D eigenvalue weighted by molar-refractivity contribution is 9.09. The molecule has 3 heteroatoms. The van der Waals surface area contributed by atoms with E-state index in [1.807, 2.05) is 12.1 Å².